The zero-order valence-corrected chi connectivity index (χ0v) is 14.5. The first-order chi connectivity index (χ1) is 11.5. The van der Waals surface area contributed by atoms with Crippen molar-refractivity contribution in [3.8, 4) is 11.3 Å². The molecule has 1 saturated carbocycles. The van der Waals surface area contributed by atoms with Crippen LogP contribution in [0.2, 0.25) is 0 Å². The molecule has 1 aromatic heterocycles. The van der Waals surface area contributed by atoms with E-state index in [0.717, 1.165) is 36.2 Å². The van der Waals surface area contributed by atoms with Gasteiger partial charge >= 0.3 is 0 Å². The molecule has 0 saturated heterocycles. The number of hydrogen-bond donors (Lipinski definition) is 1. The molecular formula is C18H19N3O2S. The van der Waals surface area contributed by atoms with Gasteiger partial charge in [0.25, 0.3) is 0 Å². The molecule has 1 aliphatic carbocycles. The molecule has 4 rings (SSSR count). The number of amides is 2. The van der Waals surface area contributed by atoms with E-state index in [1.165, 1.54) is 16.9 Å². The lowest BCUT2D eigenvalue weighted by molar-refractivity contribution is -0.117. The van der Waals surface area contributed by atoms with E-state index in [9.17, 15) is 9.59 Å². The Bertz CT molecular complexity index is 825. The first kappa shape index (κ1) is 15.3. The van der Waals surface area contributed by atoms with Gasteiger partial charge in [-0.15, -0.1) is 11.3 Å². The SMILES string of the molecule is CC(=O)N1c2ccc(-c3csc(NC(=O)C4CC4)n3)cc2C[C@H]1C. The van der Waals surface area contributed by atoms with Gasteiger partial charge in [0.15, 0.2) is 5.13 Å². The van der Waals surface area contributed by atoms with E-state index in [0.29, 0.717) is 5.13 Å². The average molecular weight is 341 g/mol. The summed E-state index contributed by atoms with van der Waals surface area (Å²) in [5.74, 6) is 0.333. The number of rotatable bonds is 3. The molecule has 0 radical (unpaired) electrons. The zero-order chi connectivity index (χ0) is 16.8. The van der Waals surface area contributed by atoms with Crippen LogP contribution in [0.5, 0.6) is 0 Å². The van der Waals surface area contributed by atoms with Gasteiger partial charge in [-0.2, -0.15) is 0 Å². The highest BCUT2D eigenvalue weighted by Crippen LogP contribution is 2.36. The van der Waals surface area contributed by atoms with Crippen LogP contribution >= 0.6 is 11.3 Å². The van der Waals surface area contributed by atoms with E-state index in [1.54, 1.807) is 6.92 Å². The number of anilines is 2. The average Bonchev–Trinajstić information content (AvgIpc) is 3.20. The van der Waals surface area contributed by atoms with E-state index in [-0.39, 0.29) is 23.8 Å². The molecule has 5 nitrogen and oxygen atoms in total. The molecule has 1 N–H and O–H groups in total. The molecule has 2 amide bonds. The topological polar surface area (TPSA) is 62.3 Å². The molecule has 0 unspecified atom stereocenters. The molecule has 2 aliphatic rings. The maximum atomic E-state index is 11.8. The van der Waals surface area contributed by atoms with E-state index < -0.39 is 0 Å². The summed E-state index contributed by atoms with van der Waals surface area (Å²) in [4.78, 5) is 30.0. The maximum absolute atomic E-state index is 11.8. The van der Waals surface area contributed by atoms with Crippen molar-refractivity contribution in [2.45, 2.75) is 39.2 Å². The molecule has 2 aromatic rings. The molecule has 6 heteroatoms. The van der Waals surface area contributed by atoms with Gasteiger partial charge in [0.05, 0.1) is 5.69 Å². The molecule has 1 aliphatic heterocycles. The van der Waals surface area contributed by atoms with Gasteiger partial charge in [0, 0.05) is 35.5 Å². The predicted molar refractivity (Wildman–Crippen MR) is 95.2 cm³/mol. The van der Waals surface area contributed by atoms with E-state index in [2.05, 4.69) is 23.3 Å². The van der Waals surface area contributed by atoms with Crippen LogP contribution in [0.15, 0.2) is 23.6 Å². The van der Waals surface area contributed by atoms with Crippen LogP contribution in [0.1, 0.15) is 32.3 Å². The summed E-state index contributed by atoms with van der Waals surface area (Å²) >= 11 is 1.45. The Morgan fingerprint density at radius 1 is 1.33 bits per heavy atom. The second kappa shape index (κ2) is 5.70. The Morgan fingerprint density at radius 2 is 2.12 bits per heavy atom. The molecular weight excluding hydrogens is 322 g/mol. The minimum Gasteiger partial charge on any atom is -0.309 e. The summed E-state index contributed by atoms with van der Waals surface area (Å²) in [7, 11) is 0. The van der Waals surface area contributed by atoms with Gasteiger partial charge in [0.1, 0.15) is 0 Å². The summed E-state index contributed by atoms with van der Waals surface area (Å²) in [6, 6.07) is 6.29. The van der Waals surface area contributed by atoms with Crippen LogP contribution < -0.4 is 10.2 Å². The van der Waals surface area contributed by atoms with Crippen molar-refractivity contribution < 1.29 is 9.59 Å². The third-order valence-corrected chi connectivity index (χ3v) is 5.37. The highest BCUT2D eigenvalue weighted by atomic mass is 32.1. The van der Waals surface area contributed by atoms with Crippen molar-refractivity contribution in [2.75, 3.05) is 10.2 Å². The van der Waals surface area contributed by atoms with Gasteiger partial charge in [-0.25, -0.2) is 4.98 Å². The van der Waals surface area contributed by atoms with E-state index in [4.69, 9.17) is 0 Å². The van der Waals surface area contributed by atoms with Crippen molar-refractivity contribution >= 4 is 34.0 Å². The van der Waals surface area contributed by atoms with E-state index >= 15 is 0 Å². The number of nitrogens with one attached hydrogen (secondary N) is 1. The number of benzene rings is 1. The lowest BCUT2D eigenvalue weighted by atomic mass is 10.1. The summed E-state index contributed by atoms with van der Waals surface area (Å²) < 4.78 is 0. The fourth-order valence-electron chi connectivity index (χ4n) is 3.29. The lowest BCUT2D eigenvalue weighted by Gasteiger charge is -2.20. The molecule has 124 valence electrons. The van der Waals surface area contributed by atoms with Crippen LogP contribution in [-0.2, 0) is 16.0 Å². The van der Waals surface area contributed by atoms with Gasteiger partial charge < -0.3 is 10.2 Å². The molecule has 2 heterocycles. The Kier molecular flexibility index (Phi) is 3.64. The fraction of sp³-hybridized carbons (Fsp3) is 0.389. The Labute approximate surface area is 144 Å². The predicted octanol–water partition coefficient (Wildman–Crippen LogP) is 3.46. The van der Waals surface area contributed by atoms with Crippen LogP contribution in [-0.4, -0.2) is 22.8 Å². The summed E-state index contributed by atoms with van der Waals surface area (Å²) in [5, 5.41) is 5.51. The summed E-state index contributed by atoms with van der Waals surface area (Å²) in [5.41, 5.74) is 4.06. The standard InChI is InChI=1S/C18H19N3O2S/c1-10-7-14-8-13(5-6-16(14)21(10)11(2)22)15-9-24-18(19-15)20-17(23)12-3-4-12/h5-6,8-10,12H,3-4,7H2,1-2H3,(H,19,20,23)/t10-/m1/s1. The lowest BCUT2D eigenvalue weighted by Crippen LogP contribution is -2.33. The highest BCUT2D eigenvalue weighted by Gasteiger charge is 2.31. The van der Waals surface area contributed by atoms with Crippen LogP contribution in [0.25, 0.3) is 11.3 Å². The number of thiazole rings is 1. The van der Waals surface area contributed by atoms with Gasteiger partial charge in [-0.05, 0) is 43.9 Å². The quantitative estimate of drug-likeness (QED) is 0.930. The van der Waals surface area contributed by atoms with Crippen LogP contribution in [0, 0.1) is 5.92 Å². The summed E-state index contributed by atoms with van der Waals surface area (Å²) in [6.07, 6.45) is 2.83. The number of fused-ring (bicyclic) bond motifs is 1. The van der Waals surface area contributed by atoms with E-state index in [1.807, 2.05) is 22.4 Å². The fourth-order valence-corrected chi connectivity index (χ4v) is 4.01. The molecule has 1 atom stereocenters. The minimum absolute atomic E-state index is 0.0766. The Morgan fingerprint density at radius 3 is 2.83 bits per heavy atom. The van der Waals surface area contributed by atoms with Gasteiger partial charge in [-0.1, -0.05) is 6.07 Å². The minimum atomic E-state index is 0.0766. The van der Waals surface area contributed by atoms with Crippen molar-refractivity contribution in [1.29, 1.82) is 0 Å². The van der Waals surface area contributed by atoms with Crippen LogP contribution in [0.3, 0.4) is 0 Å². The molecule has 0 spiro atoms. The van der Waals surface area contributed by atoms with Crippen LogP contribution in [0.4, 0.5) is 10.8 Å². The number of hydrogen-bond acceptors (Lipinski definition) is 4. The number of carbonyl (C=O) groups excluding carboxylic acids is 2. The highest BCUT2D eigenvalue weighted by molar-refractivity contribution is 7.14. The van der Waals surface area contributed by atoms with Gasteiger partial charge in [-0.3, -0.25) is 9.59 Å². The summed E-state index contributed by atoms with van der Waals surface area (Å²) in [6.45, 7) is 3.67. The van der Waals surface area contributed by atoms with Gasteiger partial charge in [0.2, 0.25) is 11.8 Å². The smallest absolute Gasteiger partial charge is 0.229 e. The van der Waals surface area contributed by atoms with Crippen molar-refractivity contribution in [3.05, 3.63) is 29.1 Å². The molecule has 24 heavy (non-hydrogen) atoms. The van der Waals surface area contributed by atoms with Crippen molar-refractivity contribution in [2.24, 2.45) is 5.92 Å². The number of nitrogens with zero attached hydrogens (tertiary/aromatic N) is 2. The first-order valence-electron chi connectivity index (χ1n) is 8.22. The third-order valence-electron chi connectivity index (χ3n) is 4.61. The second-order valence-corrected chi connectivity index (χ2v) is 7.45. The van der Waals surface area contributed by atoms with Crippen molar-refractivity contribution in [3.63, 3.8) is 0 Å². The normalized spacial score (nSPS) is 19.2. The van der Waals surface area contributed by atoms with Crippen molar-refractivity contribution in [1.82, 2.24) is 4.98 Å². The Hall–Kier alpha value is -2.21. The second-order valence-electron chi connectivity index (χ2n) is 6.59. The largest absolute Gasteiger partial charge is 0.309 e. The first-order valence-corrected chi connectivity index (χ1v) is 9.10. The molecule has 1 aromatic carbocycles. The monoisotopic (exact) mass is 341 g/mol. The molecule has 0 bridgehead atoms. The zero-order valence-electron chi connectivity index (χ0n) is 13.7. The Balaban J connectivity index is 1.57. The number of carbonyl (C=O) groups is 2. The number of aromatic nitrogens is 1. The third kappa shape index (κ3) is 2.71. The maximum Gasteiger partial charge on any atom is 0.229 e. The molecule has 1 fully saturated rings.